The van der Waals surface area contributed by atoms with Crippen LogP contribution in [0.4, 0.5) is 4.79 Å². The van der Waals surface area contributed by atoms with E-state index in [0.717, 1.165) is 32.4 Å². The number of rotatable bonds is 2. The van der Waals surface area contributed by atoms with Gasteiger partial charge in [-0.05, 0) is 18.3 Å². The highest BCUT2D eigenvalue weighted by Gasteiger charge is 2.39. The fourth-order valence-electron chi connectivity index (χ4n) is 2.58. The molecule has 18 heavy (non-hydrogen) atoms. The van der Waals surface area contributed by atoms with Gasteiger partial charge in [-0.3, -0.25) is 4.79 Å². The number of aliphatic carboxylic acids is 1. The van der Waals surface area contributed by atoms with Gasteiger partial charge in [0.1, 0.15) is 0 Å². The van der Waals surface area contributed by atoms with E-state index in [0.29, 0.717) is 18.5 Å². The Morgan fingerprint density at radius 3 is 2.22 bits per heavy atom. The number of amides is 2. The average Bonchev–Trinajstić information content (AvgIpc) is 2.27. The molecule has 0 atom stereocenters. The maximum atomic E-state index is 12.1. The fourth-order valence-corrected chi connectivity index (χ4v) is 2.58. The van der Waals surface area contributed by atoms with Crippen molar-refractivity contribution in [3.05, 3.63) is 0 Å². The second-order valence-electron chi connectivity index (χ2n) is 5.87. The summed E-state index contributed by atoms with van der Waals surface area (Å²) in [5, 5.41) is 8.79. The lowest BCUT2D eigenvalue weighted by Gasteiger charge is -2.44. The highest BCUT2D eigenvalue weighted by molar-refractivity contribution is 5.79. The van der Waals surface area contributed by atoms with E-state index in [-0.39, 0.29) is 11.9 Å². The Kier molecular flexibility index (Phi) is 3.50. The molecule has 102 valence electrons. The van der Waals surface area contributed by atoms with Crippen LogP contribution in [-0.2, 0) is 4.79 Å². The molecule has 2 saturated heterocycles. The summed E-state index contributed by atoms with van der Waals surface area (Å²) in [6.07, 6.45) is 3.25. The van der Waals surface area contributed by atoms with Crippen LogP contribution in [0.3, 0.4) is 0 Å². The molecule has 5 nitrogen and oxygen atoms in total. The van der Waals surface area contributed by atoms with Crippen molar-refractivity contribution in [3.63, 3.8) is 0 Å². The minimum atomic E-state index is -0.795. The van der Waals surface area contributed by atoms with Crippen LogP contribution in [-0.4, -0.2) is 53.1 Å². The molecular weight excluding hydrogens is 232 g/mol. The SMILES string of the molecule is CCC1(C)CCN(C(=O)N2CC(C(=O)O)C2)CC1. The van der Waals surface area contributed by atoms with Crippen LogP contribution in [0.5, 0.6) is 0 Å². The largest absolute Gasteiger partial charge is 0.481 e. The summed E-state index contributed by atoms with van der Waals surface area (Å²) in [5.74, 6) is -1.16. The van der Waals surface area contributed by atoms with Crippen molar-refractivity contribution < 1.29 is 14.7 Å². The minimum absolute atomic E-state index is 0.0191. The summed E-state index contributed by atoms with van der Waals surface area (Å²) < 4.78 is 0. The van der Waals surface area contributed by atoms with Gasteiger partial charge in [0.25, 0.3) is 0 Å². The maximum absolute atomic E-state index is 12.1. The lowest BCUT2D eigenvalue weighted by atomic mass is 9.78. The number of carboxylic acid groups (broad SMARTS) is 1. The van der Waals surface area contributed by atoms with Gasteiger partial charge in [-0.1, -0.05) is 20.3 Å². The first-order chi connectivity index (χ1) is 8.45. The van der Waals surface area contributed by atoms with Crippen molar-refractivity contribution in [3.8, 4) is 0 Å². The van der Waals surface area contributed by atoms with E-state index in [1.165, 1.54) is 0 Å². The van der Waals surface area contributed by atoms with Crippen molar-refractivity contribution in [1.29, 1.82) is 0 Å². The number of urea groups is 1. The predicted octanol–water partition coefficient (Wildman–Crippen LogP) is 1.63. The molecule has 1 N–H and O–H groups in total. The van der Waals surface area contributed by atoms with Gasteiger partial charge >= 0.3 is 12.0 Å². The van der Waals surface area contributed by atoms with Crippen LogP contribution in [0.25, 0.3) is 0 Å². The molecule has 0 radical (unpaired) electrons. The first-order valence-electron chi connectivity index (χ1n) is 6.72. The minimum Gasteiger partial charge on any atom is -0.481 e. The van der Waals surface area contributed by atoms with E-state index < -0.39 is 5.97 Å². The summed E-state index contributed by atoms with van der Waals surface area (Å²) in [6.45, 7) is 6.82. The predicted molar refractivity (Wildman–Crippen MR) is 67.3 cm³/mol. The van der Waals surface area contributed by atoms with E-state index in [9.17, 15) is 9.59 Å². The molecule has 0 aliphatic carbocycles. The zero-order valence-electron chi connectivity index (χ0n) is 11.2. The monoisotopic (exact) mass is 254 g/mol. The standard InChI is InChI=1S/C13H22N2O3/c1-3-13(2)4-6-14(7-5-13)12(18)15-8-10(9-15)11(16)17/h10H,3-9H2,1-2H3,(H,16,17). The lowest BCUT2D eigenvalue weighted by Crippen LogP contribution is -2.58. The van der Waals surface area contributed by atoms with E-state index in [1.807, 2.05) is 4.90 Å². The zero-order valence-corrected chi connectivity index (χ0v) is 11.2. The Bertz CT molecular complexity index is 342. The number of carbonyl (C=O) groups is 2. The number of hydrogen-bond acceptors (Lipinski definition) is 2. The van der Waals surface area contributed by atoms with Crippen LogP contribution < -0.4 is 0 Å². The molecule has 2 rings (SSSR count). The number of likely N-dealkylation sites (tertiary alicyclic amines) is 2. The molecule has 0 aromatic carbocycles. The van der Waals surface area contributed by atoms with E-state index in [4.69, 9.17) is 5.11 Å². The Labute approximate surface area is 108 Å². The van der Waals surface area contributed by atoms with Gasteiger partial charge in [0.05, 0.1) is 5.92 Å². The molecule has 2 amide bonds. The van der Waals surface area contributed by atoms with Crippen LogP contribution in [0.15, 0.2) is 0 Å². The molecule has 0 aromatic heterocycles. The van der Waals surface area contributed by atoms with Crippen LogP contribution in [0.1, 0.15) is 33.1 Å². The van der Waals surface area contributed by atoms with Gasteiger partial charge in [0.15, 0.2) is 0 Å². The molecule has 0 spiro atoms. The van der Waals surface area contributed by atoms with E-state index >= 15 is 0 Å². The fraction of sp³-hybridized carbons (Fsp3) is 0.846. The van der Waals surface area contributed by atoms with Crippen LogP contribution in [0, 0.1) is 11.3 Å². The average molecular weight is 254 g/mol. The van der Waals surface area contributed by atoms with E-state index in [2.05, 4.69) is 13.8 Å². The summed E-state index contributed by atoms with van der Waals surface area (Å²) in [4.78, 5) is 26.3. The van der Waals surface area contributed by atoms with Crippen molar-refractivity contribution >= 4 is 12.0 Å². The van der Waals surface area contributed by atoms with Gasteiger partial charge in [0.2, 0.25) is 0 Å². The normalized spacial score (nSPS) is 23.7. The zero-order chi connectivity index (χ0) is 13.3. The number of carbonyl (C=O) groups excluding carboxylic acids is 1. The molecule has 5 heteroatoms. The van der Waals surface area contributed by atoms with Crippen molar-refractivity contribution in [1.82, 2.24) is 9.80 Å². The van der Waals surface area contributed by atoms with Crippen LogP contribution in [0.2, 0.25) is 0 Å². The van der Waals surface area contributed by atoms with E-state index in [1.54, 1.807) is 4.90 Å². The number of nitrogens with zero attached hydrogens (tertiary/aromatic N) is 2. The number of piperidine rings is 1. The summed E-state index contributed by atoms with van der Waals surface area (Å²) in [7, 11) is 0. The molecule has 0 aromatic rings. The summed E-state index contributed by atoms with van der Waals surface area (Å²) in [5.41, 5.74) is 0.370. The third kappa shape index (κ3) is 2.44. The third-order valence-electron chi connectivity index (χ3n) is 4.60. The molecule has 2 fully saturated rings. The topological polar surface area (TPSA) is 60.9 Å². The maximum Gasteiger partial charge on any atom is 0.320 e. The second-order valence-corrected chi connectivity index (χ2v) is 5.87. The first-order valence-corrected chi connectivity index (χ1v) is 6.72. The Morgan fingerprint density at radius 2 is 1.78 bits per heavy atom. The molecule has 2 aliphatic rings. The Balaban J connectivity index is 1.81. The first kappa shape index (κ1) is 13.2. The Morgan fingerprint density at radius 1 is 1.22 bits per heavy atom. The highest BCUT2D eigenvalue weighted by Crippen LogP contribution is 2.34. The van der Waals surface area contributed by atoms with Gasteiger partial charge in [0, 0.05) is 26.2 Å². The van der Waals surface area contributed by atoms with Gasteiger partial charge < -0.3 is 14.9 Å². The molecule has 0 saturated carbocycles. The quantitative estimate of drug-likeness (QED) is 0.814. The van der Waals surface area contributed by atoms with Crippen LogP contribution >= 0.6 is 0 Å². The van der Waals surface area contributed by atoms with Crippen molar-refractivity contribution in [2.45, 2.75) is 33.1 Å². The smallest absolute Gasteiger partial charge is 0.320 e. The van der Waals surface area contributed by atoms with Crippen molar-refractivity contribution in [2.75, 3.05) is 26.2 Å². The third-order valence-corrected chi connectivity index (χ3v) is 4.60. The lowest BCUT2D eigenvalue weighted by molar-refractivity contribution is -0.146. The molecule has 0 unspecified atom stereocenters. The Hall–Kier alpha value is -1.26. The summed E-state index contributed by atoms with van der Waals surface area (Å²) in [6, 6.07) is 0.0191. The molecule has 2 aliphatic heterocycles. The van der Waals surface area contributed by atoms with Gasteiger partial charge in [-0.15, -0.1) is 0 Å². The van der Waals surface area contributed by atoms with Gasteiger partial charge in [-0.25, -0.2) is 4.79 Å². The second kappa shape index (κ2) is 4.78. The number of hydrogen-bond donors (Lipinski definition) is 1. The number of carboxylic acids is 1. The van der Waals surface area contributed by atoms with Gasteiger partial charge in [-0.2, -0.15) is 0 Å². The molecule has 2 heterocycles. The highest BCUT2D eigenvalue weighted by atomic mass is 16.4. The van der Waals surface area contributed by atoms with Crippen molar-refractivity contribution in [2.24, 2.45) is 11.3 Å². The molecular formula is C13H22N2O3. The summed E-state index contributed by atoms with van der Waals surface area (Å²) >= 11 is 0. The molecule has 0 bridgehead atoms.